The third kappa shape index (κ3) is 3.99. The fourth-order valence-electron chi connectivity index (χ4n) is 1.95. The van der Waals surface area contributed by atoms with Crippen molar-refractivity contribution >= 4 is 28.5 Å². The van der Waals surface area contributed by atoms with Crippen LogP contribution in [0.5, 0.6) is 0 Å². The highest BCUT2D eigenvalue weighted by Gasteiger charge is 2.07. The SMILES string of the molecule is CCCOCCOC(=O)Cn1ccc2cc(Cl)ccc21. The lowest BCUT2D eigenvalue weighted by Crippen LogP contribution is -2.16. The number of benzene rings is 1. The molecule has 108 valence electrons. The van der Waals surface area contributed by atoms with Crippen LogP contribution in [0.1, 0.15) is 13.3 Å². The number of hydrogen-bond acceptors (Lipinski definition) is 3. The fourth-order valence-corrected chi connectivity index (χ4v) is 2.13. The summed E-state index contributed by atoms with van der Waals surface area (Å²) in [6.45, 7) is 3.67. The van der Waals surface area contributed by atoms with Crippen LogP contribution in [0.4, 0.5) is 0 Å². The molecule has 0 saturated heterocycles. The number of fused-ring (bicyclic) bond motifs is 1. The highest BCUT2D eigenvalue weighted by atomic mass is 35.5. The molecule has 0 N–H and O–H groups in total. The molecule has 0 bridgehead atoms. The van der Waals surface area contributed by atoms with E-state index in [9.17, 15) is 4.79 Å². The first kappa shape index (κ1) is 14.9. The number of halogens is 1. The van der Waals surface area contributed by atoms with Crippen molar-refractivity contribution in [1.29, 1.82) is 0 Å². The van der Waals surface area contributed by atoms with Gasteiger partial charge in [0.15, 0.2) is 0 Å². The van der Waals surface area contributed by atoms with Crippen LogP contribution < -0.4 is 0 Å². The monoisotopic (exact) mass is 295 g/mol. The van der Waals surface area contributed by atoms with Crippen LogP contribution in [-0.2, 0) is 20.8 Å². The van der Waals surface area contributed by atoms with E-state index in [1.54, 1.807) is 0 Å². The molecule has 1 aromatic carbocycles. The minimum atomic E-state index is -0.266. The van der Waals surface area contributed by atoms with Crippen molar-refractivity contribution in [2.24, 2.45) is 0 Å². The normalized spacial score (nSPS) is 10.9. The first-order valence-electron chi connectivity index (χ1n) is 6.68. The second kappa shape index (κ2) is 7.31. The summed E-state index contributed by atoms with van der Waals surface area (Å²) >= 11 is 5.93. The van der Waals surface area contributed by atoms with Gasteiger partial charge < -0.3 is 14.0 Å². The summed E-state index contributed by atoms with van der Waals surface area (Å²) in [6, 6.07) is 7.51. The fraction of sp³-hybridized carbons (Fsp3) is 0.400. The van der Waals surface area contributed by atoms with Gasteiger partial charge in [-0.3, -0.25) is 4.79 Å². The smallest absolute Gasteiger partial charge is 0.326 e. The summed E-state index contributed by atoms with van der Waals surface area (Å²) in [6.07, 6.45) is 2.82. The number of aromatic nitrogens is 1. The van der Waals surface area contributed by atoms with Crippen LogP contribution in [0.2, 0.25) is 5.02 Å². The van der Waals surface area contributed by atoms with Gasteiger partial charge in [-0.1, -0.05) is 18.5 Å². The van der Waals surface area contributed by atoms with Crippen molar-refractivity contribution in [3.8, 4) is 0 Å². The summed E-state index contributed by atoms with van der Waals surface area (Å²) in [7, 11) is 0. The molecular weight excluding hydrogens is 278 g/mol. The standard InChI is InChI=1S/C15H18ClNO3/c1-2-7-19-8-9-20-15(18)11-17-6-5-12-10-13(16)3-4-14(12)17/h3-6,10H,2,7-9,11H2,1H3. The van der Waals surface area contributed by atoms with Gasteiger partial charge in [0, 0.05) is 28.7 Å². The predicted octanol–water partition coefficient (Wildman–Crippen LogP) is 3.26. The Hall–Kier alpha value is -1.52. The summed E-state index contributed by atoms with van der Waals surface area (Å²) in [5.41, 5.74) is 0.966. The zero-order valence-electron chi connectivity index (χ0n) is 11.5. The number of esters is 1. The van der Waals surface area contributed by atoms with Gasteiger partial charge in [0.25, 0.3) is 0 Å². The van der Waals surface area contributed by atoms with Crippen molar-refractivity contribution in [2.45, 2.75) is 19.9 Å². The van der Waals surface area contributed by atoms with Crippen LogP contribution in [0.25, 0.3) is 10.9 Å². The third-order valence-electron chi connectivity index (χ3n) is 2.87. The van der Waals surface area contributed by atoms with E-state index in [2.05, 4.69) is 0 Å². The third-order valence-corrected chi connectivity index (χ3v) is 3.11. The maximum Gasteiger partial charge on any atom is 0.326 e. The van der Waals surface area contributed by atoms with Crippen molar-refractivity contribution in [3.63, 3.8) is 0 Å². The quantitative estimate of drug-likeness (QED) is 0.581. The van der Waals surface area contributed by atoms with Crippen molar-refractivity contribution < 1.29 is 14.3 Å². The Labute approximate surface area is 123 Å². The molecule has 0 atom stereocenters. The molecule has 0 aliphatic rings. The van der Waals surface area contributed by atoms with E-state index in [0.29, 0.717) is 24.8 Å². The van der Waals surface area contributed by atoms with E-state index >= 15 is 0 Å². The molecule has 2 aromatic rings. The molecular formula is C15H18ClNO3. The topological polar surface area (TPSA) is 40.5 Å². The number of nitrogens with zero attached hydrogens (tertiary/aromatic N) is 1. The molecule has 0 spiro atoms. The molecule has 0 amide bonds. The molecule has 0 radical (unpaired) electrons. The van der Waals surface area contributed by atoms with Gasteiger partial charge in [-0.2, -0.15) is 0 Å². The van der Waals surface area contributed by atoms with Gasteiger partial charge in [0.2, 0.25) is 0 Å². The van der Waals surface area contributed by atoms with Crippen molar-refractivity contribution in [2.75, 3.05) is 19.8 Å². The maximum atomic E-state index is 11.7. The molecule has 0 unspecified atom stereocenters. The number of carbonyl (C=O) groups is 1. The zero-order valence-corrected chi connectivity index (χ0v) is 12.2. The van der Waals surface area contributed by atoms with Gasteiger partial charge in [-0.25, -0.2) is 0 Å². The van der Waals surface area contributed by atoms with Crippen LogP contribution >= 0.6 is 11.6 Å². The van der Waals surface area contributed by atoms with Crippen LogP contribution in [0.3, 0.4) is 0 Å². The Morgan fingerprint density at radius 2 is 2.10 bits per heavy atom. The molecule has 2 rings (SSSR count). The Kier molecular flexibility index (Phi) is 5.44. The minimum absolute atomic E-state index is 0.193. The first-order valence-corrected chi connectivity index (χ1v) is 7.06. The van der Waals surface area contributed by atoms with Gasteiger partial charge in [-0.05, 0) is 30.7 Å². The maximum absolute atomic E-state index is 11.7. The highest BCUT2D eigenvalue weighted by Crippen LogP contribution is 2.20. The molecule has 0 saturated carbocycles. The largest absolute Gasteiger partial charge is 0.462 e. The van der Waals surface area contributed by atoms with Crippen LogP contribution in [0.15, 0.2) is 30.5 Å². The lowest BCUT2D eigenvalue weighted by Gasteiger charge is -2.07. The highest BCUT2D eigenvalue weighted by molar-refractivity contribution is 6.31. The summed E-state index contributed by atoms with van der Waals surface area (Å²) in [4.78, 5) is 11.7. The summed E-state index contributed by atoms with van der Waals surface area (Å²) in [5.74, 6) is -0.266. The van der Waals surface area contributed by atoms with Crippen LogP contribution in [0, 0.1) is 0 Å². The molecule has 4 nitrogen and oxygen atoms in total. The van der Waals surface area contributed by atoms with E-state index in [1.807, 2.05) is 42.0 Å². The average Bonchev–Trinajstić information content (AvgIpc) is 2.81. The number of carbonyl (C=O) groups excluding carboxylic acids is 1. The van der Waals surface area contributed by atoms with Crippen molar-refractivity contribution in [3.05, 3.63) is 35.5 Å². The average molecular weight is 296 g/mol. The van der Waals surface area contributed by atoms with Crippen LogP contribution in [-0.4, -0.2) is 30.4 Å². The second-order valence-corrected chi connectivity index (χ2v) is 4.92. The Bertz CT molecular complexity index is 580. The predicted molar refractivity (Wildman–Crippen MR) is 79.0 cm³/mol. The Morgan fingerprint density at radius 1 is 1.25 bits per heavy atom. The van der Waals surface area contributed by atoms with Crippen molar-refractivity contribution in [1.82, 2.24) is 4.57 Å². The number of hydrogen-bond donors (Lipinski definition) is 0. The lowest BCUT2D eigenvalue weighted by molar-refractivity contribution is -0.145. The molecule has 0 fully saturated rings. The van der Waals surface area contributed by atoms with E-state index in [-0.39, 0.29) is 12.5 Å². The second-order valence-electron chi connectivity index (χ2n) is 4.48. The zero-order chi connectivity index (χ0) is 14.4. The van der Waals surface area contributed by atoms with E-state index in [4.69, 9.17) is 21.1 Å². The van der Waals surface area contributed by atoms with E-state index < -0.39 is 0 Å². The molecule has 0 aliphatic carbocycles. The molecule has 5 heteroatoms. The van der Waals surface area contributed by atoms with Gasteiger partial charge in [0.1, 0.15) is 13.2 Å². The summed E-state index contributed by atoms with van der Waals surface area (Å²) in [5, 5.41) is 1.70. The van der Waals surface area contributed by atoms with E-state index in [1.165, 1.54) is 0 Å². The molecule has 20 heavy (non-hydrogen) atoms. The van der Waals surface area contributed by atoms with Gasteiger partial charge in [0.05, 0.1) is 6.61 Å². The lowest BCUT2D eigenvalue weighted by atomic mass is 10.2. The first-order chi connectivity index (χ1) is 9.70. The van der Waals surface area contributed by atoms with E-state index in [0.717, 1.165) is 17.3 Å². The molecule has 1 aromatic heterocycles. The molecule has 1 heterocycles. The van der Waals surface area contributed by atoms with Gasteiger partial charge >= 0.3 is 5.97 Å². The Balaban J connectivity index is 1.87. The Morgan fingerprint density at radius 3 is 2.90 bits per heavy atom. The van der Waals surface area contributed by atoms with Gasteiger partial charge in [-0.15, -0.1) is 0 Å². The molecule has 0 aliphatic heterocycles. The number of ether oxygens (including phenoxy) is 2. The summed E-state index contributed by atoms with van der Waals surface area (Å²) < 4.78 is 12.2. The number of rotatable bonds is 7. The minimum Gasteiger partial charge on any atom is -0.462 e.